The predicted octanol–water partition coefficient (Wildman–Crippen LogP) is 8.90. The third kappa shape index (κ3) is 8.20. The van der Waals surface area contributed by atoms with Crippen LogP contribution in [0.5, 0.6) is 0 Å². The number of rotatable bonds is 13. The quantitative estimate of drug-likeness (QED) is 0.174. The van der Waals surface area contributed by atoms with E-state index in [-0.39, 0.29) is 11.4 Å². The van der Waals surface area contributed by atoms with Crippen molar-refractivity contribution in [3.8, 4) is 0 Å². The van der Waals surface area contributed by atoms with Crippen LogP contribution >= 0.6 is 0 Å². The van der Waals surface area contributed by atoms with Gasteiger partial charge in [0.1, 0.15) is 5.71 Å². The number of nitrogens with one attached hydrogen (secondary N) is 1. The highest BCUT2D eigenvalue weighted by Gasteiger charge is 2.32. The molecule has 3 rings (SSSR count). The van der Waals surface area contributed by atoms with Crippen LogP contribution in [0.25, 0.3) is 5.70 Å². The van der Waals surface area contributed by atoms with Gasteiger partial charge in [0.05, 0.1) is 23.3 Å². The Balaban J connectivity index is 1.91. The molecule has 7 heteroatoms. The molecule has 0 aliphatic carbocycles. The molecule has 3 N–H and O–H groups in total. The number of hydrogen-bond donors (Lipinski definition) is 2. The van der Waals surface area contributed by atoms with Crippen molar-refractivity contribution in [2.24, 2.45) is 5.73 Å². The standard InChI is InChI=1S/C31H37F3N4/c1-3-5-7-9-23-11-15-25(16-12-23)38(26-17-13-24(14-18-26)10-8-6-4-2)27-19-20-29(37-22-27)28(35)21-30(36)31(32,33)34/h11-22,36H,3-10,35H2,1-2H3/b28-21-,36-30?. The van der Waals surface area contributed by atoms with Crippen molar-refractivity contribution in [2.45, 2.75) is 71.4 Å². The van der Waals surface area contributed by atoms with Crippen LogP contribution in [0.3, 0.4) is 0 Å². The topological polar surface area (TPSA) is 66.0 Å². The summed E-state index contributed by atoms with van der Waals surface area (Å²) >= 11 is 0. The molecule has 0 saturated heterocycles. The lowest BCUT2D eigenvalue weighted by Crippen LogP contribution is -2.20. The van der Waals surface area contributed by atoms with Gasteiger partial charge in [-0.3, -0.25) is 10.4 Å². The molecule has 4 nitrogen and oxygen atoms in total. The fraction of sp³-hybridized carbons (Fsp3) is 0.355. The summed E-state index contributed by atoms with van der Waals surface area (Å²) in [6.07, 6.45) is 6.59. The Morgan fingerprint density at radius 3 is 1.66 bits per heavy atom. The van der Waals surface area contributed by atoms with E-state index < -0.39 is 11.9 Å². The summed E-state index contributed by atoms with van der Waals surface area (Å²) in [6, 6.07) is 20.3. The second-order valence-corrected chi connectivity index (χ2v) is 9.50. The van der Waals surface area contributed by atoms with E-state index in [1.54, 1.807) is 18.3 Å². The van der Waals surface area contributed by atoms with Gasteiger partial charge in [0.15, 0.2) is 0 Å². The maximum absolute atomic E-state index is 12.7. The Hall–Kier alpha value is -3.61. The van der Waals surface area contributed by atoms with E-state index in [1.807, 2.05) is 0 Å². The summed E-state index contributed by atoms with van der Waals surface area (Å²) in [5.74, 6) is 0. The summed E-state index contributed by atoms with van der Waals surface area (Å²) in [5, 5.41) is 7.18. The van der Waals surface area contributed by atoms with Crippen LogP contribution in [-0.2, 0) is 12.8 Å². The molecule has 0 bridgehead atoms. The van der Waals surface area contributed by atoms with E-state index in [1.165, 1.54) is 36.8 Å². The van der Waals surface area contributed by atoms with Gasteiger partial charge in [-0.2, -0.15) is 13.2 Å². The Bertz CT molecular complexity index is 1130. The first-order chi connectivity index (χ1) is 18.2. The molecule has 1 aromatic heterocycles. The zero-order chi connectivity index (χ0) is 27.5. The van der Waals surface area contributed by atoms with Gasteiger partial charge >= 0.3 is 6.18 Å². The maximum atomic E-state index is 12.7. The van der Waals surface area contributed by atoms with Gasteiger partial charge in [-0.25, -0.2) is 0 Å². The van der Waals surface area contributed by atoms with Gasteiger partial charge in [-0.05, 0) is 79.3 Å². The van der Waals surface area contributed by atoms with Crippen LogP contribution < -0.4 is 10.6 Å². The van der Waals surface area contributed by atoms with Crippen LogP contribution in [0.4, 0.5) is 30.2 Å². The number of hydrogen-bond acceptors (Lipinski definition) is 4. The van der Waals surface area contributed by atoms with Crippen molar-refractivity contribution in [1.29, 1.82) is 5.41 Å². The number of aromatic nitrogens is 1. The highest BCUT2D eigenvalue weighted by atomic mass is 19.4. The Morgan fingerprint density at radius 1 is 0.789 bits per heavy atom. The molecule has 0 aliphatic rings. The first-order valence-electron chi connectivity index (χ1n) is 13.3. The van der Waals surface area contributed by atoms with E-state index in [9.17, 15) is 13.2 Å². The van der Waals surface area contributed by atoms with Crippen LogP contribution in [0.2, 0.25) is 0 Å². The number of anilines is 3. The SMILES string of the molecule is CCCCCc1ccc(N(c2ccc(CCCCC)cc2)c2ccc(/C(N)=C/C(=N)C(F)(F)F)nc2)cc1. The van der Waals surface area contributed by atoms with Gasteiger partial charge < -0.3 is 10.6 Å². The maximum Gasteiger partial charge on any atom is 0.432 e. The molecule has 38 heavy (non-hydrogen) atoms. The molecule has 2 aromatic carbocycles. The highest BCUT2D eigenvalue weighted by molar-refractivity contribution is 6.01. The van der Waals surface area contributed by atoms with Gasteiger partial charge in [-0.15, -0.1) is 0 Å². The third-order valence-corrected chi connectivity index (χ3v) is 6.43. The number of benzene rings is 2. The van der Waals surface area contributed by atoms with E-state index >= 15 is 0 Å². The molecule has 202 valence electrons. The summed E-state index contributed by atoms with van der Waals surface area (Å²) in [6.45, 7) is 4.39. The average molecular weight is 523 g/mol. The molecule has 0 spiro atoms. The summed E-state index contributed by atoms with van der Waals surface area (Å²) < 4.78 is 38.2. The minimum atomic E-state index is -4.76. The number of nitrogens with two attached hydrogens (primary N) is 1. The van der Waals surface area contributed by atoms with Crippen LogP contribution in [0.15, 0.2) is 72.9 Å². The molecular weight excluding hydrogens is 485 g/mol. The molecule has 1 heterocycles. The fourth-order valence-electron chi connectivity index (χ4n) is 4.23. The first-order valence-corrected chi connectivity index (χ1v) is 13.3. The van der Waals surface area contributed by atoms with E-state index in [4.69, 9.17) is 11.1 Å². The van der Waals surface area contributed by atoms with Gasteiger partial charge in [0.2, 0.25) is 0 Å². The predicted molar refractivity (Wildman–Crippen MR) is 151 cm³/mol. The van der Waals surface area contributed by atoms with Crippen molar-refractivity contribution in [2.75, 3.05) is 4.90 Å². The average Bonchev–Trinajstić information content (AvgIpc) is 2.91. The van der Waals surface area contributed by atoms with Crippen molar-refractivity contribution in [3.63, 3.8) is 0 Å². The Morgan fingerprint density at radius 2 is 1.26 bits per heavy atom. The molecule has 0 radical (unpaired) electrons. The lowest BCUT2D eigenvalue weighted by molar-refractivity contribution is -0.0583. The Labute approximate surface area is 223 Å². The summed E-state index contributed by atoms with van der Waals surface area (Å²) in [7, 11) is 0. The zero-order valence-corrected chi connectivity index (χ0v) is 22.2. The number of allylic oxidation sites excluding steroid dienone is 1. The molecule has 0 atom stereocenters. The monoisotopic (exact) mass is 522 g/mol. The minimum absolute atomic E-state index is 0.181. The van der Waals surface area contributed by atoms with Gasteiger partial charge in [0.25, 0.3) is 0 Å². The molecule has 0 unspecified atom stereocenters. The van der Waals surface area contributed by atoms with Crippen molar-refractivity contribution in [1.82, 2.24) is 4.98 Å². The second-order valence-electron chi connectivity index (χ2n) is 9.50. The molecule has 0 fully saturated rings. The number of alkyl halides is 3. The Kier molecular flexibility index (Phi) is 10.5. The zero-order valence-electron chi connectivity index (χ0n) is 22.2. The summed E-state index contributed by atoms with van der Waals surface area (Å²) in [4.78, 5) is 6.39. The van der Waals surface area contributed by atoms with Crippen molar-refractivity contribution < 1.29 is 13.2 Å². The first kappa shape index (κ1) is 29.0. The molecule has 0 aliphatic heterocycles. The van der Waals surface area contributed by atoms with Gasteiger partial charge in [0, 0.05) is 11.4 Å². The van der Waals surface area contributed by atoms with Crippen molar-refractivity contribution >= 4 is 28.5 Å². The van der Waals surface area contributed by atoms with Gasteiger partial charge in [-0.1, -0.05) is 63.8 Å². The number of nitrogens with zero attached hydrogens (tertiary/aromatic N) is 2. The second kappa shape index (κ2) is 13.8. The number of aryl methyl sites for hydroxylation is 2. The smallest absolute Gasteiger partial charge is 0.397 e. The largest absolute Gasteiger partial charge is 0.432 e. The van der Waals surface area contributed by atoms with E-state index in [2.05, 4.69) is 72.3 Å². The molecular formula is C31H37F3N4. The van der Waals surface area contributed by atoms with Crippen LogP contribution in [0, 0.1) is 5.41 Å². The van der Waals surface area contributed by atoms with E-state index in [0.717, 1.165) is 42.7 Å². The lowest BCUT2D eigenvalue weighted by Gasteiger charge is -2.26. The normalized spacial score (nSPS) is 12.0. The van der Waals surface area contributed by atoms with Crippen LogP contribution in [0.1, 0.15) is 69.2 Å². The minimum Gasteiger partial charge on any atom is -0.397 e. The highest BCUT2D eigenvalue weighted by Crippen LogP contribution is 2.35. The molecule has 3 aromatic rings. The number of unbranched alkanes of at least 4 members (excludes halogenated alkanes) is 4. The number of halogens is 3. The number of pyridine rings is 1. The lowest BCUT2D eigenvalue weighted by atomic mass is 10.0. The molecule has 0 saturated carbocycles. The van der Waals surface area contributed by atoms with Crippen molar-refractivity contribution in [3.05, 3.63) is 89.8 Å². The fourth-order valence-corrected chi connectivity index (χ4v) is 4.23. The van der Waals surface area contributed by atoms with Crippen LogP contribution in [-0.4, -0.2) is 16.9 Å². The molecule has 0 amide bonds. The van der Waals surface area contributed by atoms with E-state index in [0.29, 0.717) is 6.08 Å². The third-order valence-electron chi connectivity index (χ3n) is 6.43. The summed E-state index contributed by atoms with van der Waals surface area (Å²) in [5.41, 5.74) is 9.52.